The monoisotopic (exact) mass is 338 g/mol. The Hall–Kier alpha value is -3.16. The first-order chi connectivity index (χ1) is 12.2. The predicted molar refractivity (Wildman–Crippen MR) is 94.2 cm³/mol. The minimum Gasteiger partial charge on any atom is -0.495 e. The number of fused-ring (bicyclic) bond motifs is 1. The standard InChI is InChI=1S/C17H18N6O2/c1-10(24)21-11-3-6-14(25-2)13(7-11)22-16-15-17(19-8-18-16)23(9-20-15)12-4-5-12/h3,6-9,12H,4-5H2,1-2H3,(H,21,24)(H,18,19,22). The van der Waals surface area contributed by atoms with Crippen LogP contribution in [0.2, 0.25) is 0 Å². The van der Waals surface area contributed by atoms with Crippen LogP contribution in [-0.4, -0.2) is 32.5 Å². The summed E-state index contributed by atoms with van der Waals surface area (Å²) in [6, 6.07) is 5.86. The van der Waals surface area contributed by atoms with E-state index in [1.807, 2.05) is 6.33 Å². The first-order valence-corrected chi connectivity index (χ1v) is 8.06. The summed E-state index contributed by atoms with van der Waals surface area (Å²) in [4.78, 5) is 24.4. The van der Waals surface area contributed by atoms with Gasteiger partial charge >= 0.3 is 0 Å². The molecule has 8 heteroatoms. The van der Waals surface area contributed by atoms with Crippen molar-refractivity contribution in [2.75, 3.05) is 17.7 Å². The number of aromatic nitrogens is 4. The van der Waals surface area contributed by atoms with E-state index in [1.54, 1.807) is 25.3 Å². The second-order valence-electron chi connectivity index (χ2n) is 6.00. The fraction of sp³-hybridized carbons (Fsp3) is 0.294. The Balaban J connectivity index is 1.72. The fourth-order valence-corrected chi connectivity index (χ4v) is 2.78. The maximum absolute atomic E-state index is 11.3. The van der Waals surface area contributed by atoms with Crippen LogP contribution in [0.5, 0.6) is 5.75 Å². The first-order valence-electron chi connectivity index (χ1n) is 8.06. The van der Waals surface area contributed by atoms with Gasteiger partial charge in [-0.15, -0.1) is 0 Å². The van der Waals surface area contributed by atoms with Crippen molar-refractivity contribution >= 4 is 34.3 Å². The lowest BCUT2D eigenvalue weighted by atomic mass is 10.2. The average Bonchev–Trinajstić information content (AvgIpc) is 3.34. The third-order valence-corrected chi connectivity index (χ3v) is 4.07. The number of ether oxygens (including phenoxy) is 1. The topological polar surface area (TPSA) is 94.0 Å². The molecule has 0 saturated heterocycles. The Labute approximate surface area is 144 Å². The summed E-state index contributed by atoms with van der Waals surface area (Å²) in [5, 5.41) is 6.01. The van der Waals surface area contributed by atoms with E-state index in [-0.39, 0.29) is 5.91 Å². The summed E-state index contributed by atoms with van der Waals surface area (Å²) < 4.78 is 7.49. The van der Waals surface area contributed by atoms with Gasteiger partial charge in [0.25, 0.3) is 0 Å². The molecule has 8 nitrogen and oxygen atoms in total. The van der Waals surface area contributed by atoms with Gasteiger partial charge in [-0.25, -0.2) is 15.0 Å². The Kier molecular flexibility index (Phi) is 3.72. The summed E-state index contributed by atoms with van der Waals surface area (Å²) in [7, 11) is 1.59. The number of carbonyl (C=O) groups excluding carboxylic acids is 1. The molecule has 1 aliphatic rings. The molecule has 0 atom stereocenters. The van der Waals surface area contributed by atoms with Gasteiger partial charge in [0.2, 0.25) is 5.91 Å². The van der Waals surface area contributed by atoms with E-state index in [2.05, 4.69) is 30.2 Å². The molecule has 2 N–H and O–H groups in total. The van der Waals surface area contributed by atoms with Crippen molar-refractivity contribution in [1.29, 1.82) is 0 Å². The van der Waals surface area contributed by atoms with Crippen LogP contribution in [-0.2, 0) is 4.79 Å². The number of hydrogen-bond acceptors (Lipinski definition) is 6. The molecule has 0 spiro atoms. The lowest BCUT2D eigenvalue weighted by Gasteiger charge is -2.13. The van der Waals surface area contributed by atoms with Crippen molar-refractivity contribution in [2.45, 2.75) is 25.8 Å². The molecule has 1 amide bonds. The van der Waals surface area contributed by atoms with Gasteiger partial charge in [-0.1, -0.05) is 0 Å². The second-order valence-corrected chi connectivity index (χ2v) is 6.00. The molecule has 25 heavy (non-hydrogen) atoms. The van der Waals surface area contributed by atoms with Crippen LogP contribution in [0.25, 0.3) is 11.2 Å². The number of benzene rings is 1. The van der Waals surface area contributed by atoms with Gasteiger partial charge < -0.3 is 19.9 Å². The number of nitrogens with one attached hydrogen (secondary N) is 2. The van der Waals surface area contributed by atoms with E-state index < -0.39 is 0 Å². The van der Waals surface area contributed by atoms with Crippen molar-refractivity contribution in [3.63, 3.8) is 0 Å². The lowest BCUT2D eigenvalue weighted by Crippen LogP contribution is -2.06. The Morgan fingerprint density at radius 2 is 2.12 bits per heavy atom. The summed E-state index contributed by atoms with van der Waals surface area (Å²) in [5.41, 5.74) is 2.89. The predicted octanol–water partition coefficient (Wildman–Crippen LogP) is 2.87. The molecular weight excluding hydrogens is 320 g/mol. The van der Waals surface area contributed by atoms with Crippen LogP contribution in [0.3, 0.4) is 0 Å². The molecule has 2 aromatic heterocycles. The van der Waals surface area contributed by atoms with Crippen LogP contribution in [0.15, 0.2) is 30.9 Å². The molecular formula is C17H18N6O2. The van der Waals surface area contributed by atoms with Gasteiger partial charge in [-0.3, -0.25) is 4.79 Å². The second kappa shape index (κ2) is 6.04. The van der Waals surface area contributed by atoms with E-state index in [1.165, 1.54) is 13.3 Å². The van der Waals surface area contributed by atoms with Gasteiger partial charge in [0.1, 0.15) is 12.1 Å². The highest BCUT2D eigenvalue weighted by atomic mass is 16.5. The summed E-state index contributed by atoms with van der Waals surface area (Å²) in [5.74, 6) is 1.11. The number of imidazole rings is 1. The van der Waals surface area contributed by atoms with Crippen molar-refractivity contribution in [3.05, 3.63) is 30.9 Å². The highest BCUT2D eigenvalue weighted by Crippen LogP contribution is 2.38. The lowest BCUT2D eigenvalue weighted by molar-refractivity contribution is -0.114. The molecule has 0 aliphatic heterocycles. The van der Waals surface area contributed by atoms with Crippen LogP contribution >= 0.6 is 0 Å². The molecule has 2 heterocycles. The van der Waals surface area contributed by atoms with Crippen molar-refractivity contribution in [2.24, 2.45) is 0 Å². The molecule has 1 aromatic carbocycles. The average molecular weight is 338 g/mol. The van der Waals surface area contributed by atoms with E-state index in [4.69, 9.17) is 4.74 Å². The summed E-state index contributed by atoms with van der Waals surface area (Å²) >= 11 is 0. The van der Waals surface area contributed by atoms with E-state index in [0.717, 1.165) is 18.5 Å². The molecule has 0 unspecified atom stereocenters. The molecule has 1 aliphatic carbocycles. The third kappa shape index (κ3) is 2.98. The minimum atomic E-state index is -0.135. The van der Waals surface area contributed by atoms with Gasteiger partial charge in [-0.2, -0.15) is 0 Å². The van der Waals surface area contributed by atoms with E-state index in [0.29, 0.717) is 34.5 Å². The van der Waals surface area contributed by atoms with Crippen LogP contribution in [0, 0.1) is 0 Å². The Bertz CT molecular complexity index is 947. The quantitative estimate of drug-likeness (QED) is 0.743. The van der Waals surface area contributed by atoms with E-state index in [9.17, 15) is 4.79 Å². The van der Waals surface area contributed by atoms with Crippen molar-refractivity contribution in [1.82, 2.24) is 19.5 Å². The summed E-state index contributed by atoms with van der Waals surface area (Å²) in [6.45, 7) is 1.47. The zero-order chi connectivity index (χ0) is 17.4. The number of anilines is 3. The number of rotatable bonds is 5. The van der Waals surface area contributed by atoms with Crippen LogP contribution in [0.1, 0.15) is 25.8 Å². The number of amides is 1. The highest BCUT2D eigenvalue weighted by Gasteiger charge is 2.26. The number of nitrogens with zero attached hydrogens (tertiary/aromatic N) is 4. The van der Waals surface area contributed by atoms with Gasteiger partial charge in [0.15, 0.2) is 17.0 Å². The van der Waals surface area contributed by atoms with Gasteiger partial charge in [-0.05, 0) is 31.0 Å². The summed E-state index contributed by atoms with van der Waals surface area (Å²) in [6.07, 6.45) is 5.65. The number of hydrogen-bond donors (Lipinski definition) is 2. The molecule has 0 radical (unpaired) electrons. The largest absolute Gasteiger partial charge is 0.495 e. The number of carbonyl (C=O) groups is 1. The third-order valence-electron chi connectivity index (χ3n) is 4.07. The Morgan fingerprint density at radius 3 is 2.84 bits per heavy atom. The maximum atomic E-state index is 11.3. The molecule has 0 bridgehead atoms. The highest BCUT2D eigenvalue weighted by molar-refractivity contribution is 5.91. The first kappa shape index (κ1) is 15.4. The smallest absolute Gasteiger partial charge is 0.221 e. The molecule has 4 rings (SSSR count). The zero-order valence-corrected chi connectivity index (χ0v) is 14.0. The fourth-order valence-electron chi connectivity index (χ4n) is 2.78. The maximum Gasteiger partial charge on any atom is 0.221 e. The molecule has 3 aromatic rings. The van der Waals surface area contributed by atoms with Gasteiger partial charge in [0, 0.05) is 18.7 Å². The SMILES string of the molecule is COc1ccc(NC(C)=O)cc1Nc1ncnc2c1ncn2C1CC1. The zero-order valence-electron chi connectivity index (χ0n) is 14.0. The molecule has 1 saturated carbocycles. The van der Waals surface area contributed by atoms with Gasteiger partial charge in [0.05, 0.1) is 19.1 Å². The van der Waals surface area contributed by atoms with Crippen molar-refractivity contribution < 1.29 is 9.53 Å². The number of methoxy groups -OCH3 is 1. The Morgan fingerprint density at radius 1 is 1.28 bits per heavy atom. The normalized spacial score (nSPS) is 13.7. The van der Waals surface area contributed by atoms with Crippen LogP contribution in [0.4, 0.5) is 17.2 Å². The van der Waals surface area contributed by atoms with Crippen LogP contribution < -0.4 is 15.4 Å². The van der Waals surface area contributed by atoms with Crippen molar-refractivity contribution in [3.8, 4) is 5.75 Å². The molecule has 1 fully saturated rings. The van der Waals surface area contributed by atoms with E-state index >= 15 is 0 Å². The molecule has 128 valence electrons. The minimum absolute atomic E-state index is 0.135.